The van der Waals surface area contributed by atoms with E-state index in [1.54, 1.807) is 13.3 Å². The fourth-order valence-electron chi connectivity index (χ4n) is 3.67. The molecule has 1 aromatic heterocycles. The molecule has 0 N–H and O–H groups in total. The summed E-state index contributed by atoms with van der Waals surface area (Å²) in [6.07, 6.45) is 3.20. The number of ether oxygens (including phenoxy) is 1. The molecule has 0 saturated carbocycles. The standard InChI is InChI=1S/C17H22BrN3O2S.C7H8O/c1-3-11-24(22,23)21-13-14(12-20-9-7-19(2)8-10-20)17-15(18)5-4-6-16(17)21;1-8-7-5-3-2-4-6-7/h3-6,13H,1,7-12H2,2H3;2-6H,1H3. The van der Waals surface area contributed by atoms with Crippen molar-refractivity contribution in [1.29, 1.82) is 0 Å². The molecule has 0 radical (unpaired) electrons. The maximum absolute atomic E-state index is 12.6. The maximum atomic E-state index is 12.6. The van der Waals surface area contributed by atoms with Crippen molar-refractivity contribution in [2.24, 2.45) is 0 Å². The van der Waals surface area contributed by atoms with Crippen molar-refractivity contribution in [1.82, 2.24) is 13.8 Å². The van der Waals surface area contributed by atoms with E-state index >= 15 is 0 Å². The number of aromatic nitrogens is 1. The Morgan fingerprint density at radius 1 is 1.06 bits per heavy atom. The van der Waals surface area contributed by atoms with Crippen molar-refractivity contribution in [3.8, 4) is 5.75 Å². The molecule has 1 saturated heterocycles. The number of halogens is 1. The second-order valence-corrected chi connectivity index (χ2v) is 10.5. The molecule has 8 heteroatoms. The van der Waals surface area contributed by atoms with Gasteiger partial charge >= 0.3 is 0 Å². The number of para-hydroxylation sites is 1. The topological polar surface area (TPSA) is 54.8 Å². The summed E-state index contributed by atoms with van der Waals surface area (Å²) in [4.78, 5) is 4.68. The van der Waals surface area contributed by atoms with E-state index in [0.29, 0.717) is 0 Å². The number of nitrogens with zero attached hydrogens (tertiary/aromatic N) is 3. The van der Waals surface area contributed by atoms with E-state index in [-0.39, 0.29) is 5.75 Å². The highest BCUT2D eigenvalue weighted by Crippen LogP contribution is 2.31. The molecule has 2 aromatic carbocycles. The lowest BCUT2D eigenvalue weighted by molar-refractivity contribution is 0.148. The highest BCUT2D eigenvalue weighted by atomic mass is 79.9. The van der Waals surface area contributed by atoms with Gasteiger partial charge in [0, 0.05) is 48.8 Å². The predicted octanol–water partition coefficient (Wildman–Crippen LogP) is 4.21. The van der Waals surface area contributed by atoms with Crippen molar-refractivity contribution < 1.29 is 13.2 Å². The van der Waals surface area contributed by atoms with Crippen molar-refractivity contribution in [3.63, 3.8) is 0 Å². The molecule has 2 heterocycles. The first kappa shape index (κ1) is 24.5. The van der Waals surface area contributed by atoms with Gasteiger partial charge in [-0.3, -0.25) is 4.90 Å². The molecule has 0 unspecified atom stereocenters. The number of hydrogen-bond donors (Lipinski definition) is 0. The second-order valence-electron chi connectivity index (χ2n) is 7.75. The molecule has 32 heavy (non-hydrogen) atoms. The van der Waals surface area contributed by atoms with Crippen LogP contribution in [0.4, 0.5) is 0 Å². The fourth-order valence-corrected chi connectivity index (χ4v) is 5.48. The van der Waals surface area contributed by atoms with Crippen molar-refractivity contribution in [2.45, 2.75) is 6.54 Å². The molecule has 1 aliphatic heterocycles. The summed E-state index contributed by atoms with van der Waals surface area (Å²) >= 11 is 3.59. The lowest BCUT2D eigenvalue weighted by Gasteiger charge is -2.32. The van der Waals surface area contributed by atoms with Crippen LogP contribution in [-0.4, -0.2) is 68.3 Å². The van der Waals surface area contributed by atoms with Crippen molar-refractivity contribution >= 4 is 36.9 Å². The molecule has 0 spiro atoms. The number of methoxy groups -OCH3 is 1. The molecule has 3 aromatic rings. The third-order valence-electron chi connectivity index (χ3n) is 5.42. The highest BCUT2D eigenvalue weighted by Gasteiger charge is 2.21. The lowest BCUT2D eigenvalue weighted by Crippen LogP contribution is -2.43. The van der Waals surface area contributed by atoms with Crippen LogP contribution in [0, 0.1) is 0 Å². The minimum atomic E-state index is -3.43. The van der Waals surface area contributed by atoms with E-state index in [1.165, 1.54) is 10.0 Å². The van der Waals surface area contributed by atoms with E-state index in [2.05, 4.69) is 39.4 Å². The molecule has 0 bridgehead atoms. The second kappa shape index (κ2) is 11.1. The van der Waals surface area contributed by atoms with Crippen molar-refractivity contribution in [2.75, 3.05) is 46.1 Å². The van der Waals surface area contributed by atoms with E-state index in [9.17, 15) is 8.42 Å². The van der Waals surface area contributed by atoms with Gasteiger partial charge in [0.2, 0.25) is 10.0 Å². The van der Waals surface area contributed by atoms with E-state index in [1.807, 2.05) is 48.5 Å². The van der Waals surface area contributed by atoms with Crippen LogP contribution in [0.3, 0.4) is 0 Å². The van der Waals surface area contributed by atoms with Crippen LogP contribution in [0.1, 0.15) is 5.56 Å². The Labute approximate surface area is 199 Å². The van der Waals surface area contributed by atoms with Gasteiger partial charge < -0.3 is 9.64 Å². The molecular weight excluding hydrogens is 490 g/mol. The average molecular weight is 520 g/mol. The first-order valence-electron chi connectivity index (χ1n) is 10.5. The van der Waals surface area contributed by atoms with Gasteiger partial charge in [-0.25, -0.2) is 12.4 Å². The van der Waals surface area contributed by atoms with Crippen LogP contribution in [0.25, 0.3) is 10.9 Å². The van der Waals surface area contributed by atoms with Gasteiger partial charge in [0.05, 0.1) is 18.4 Å². The largest absolute Gasteiger partial charge is 0.497 e. The molecular formula is C24H30BrN3O3S. The Hall–Kier alpha value is -2.13. The van der Waals surface area contributed by atoms with Gasteiger partial charge in [-0.2, -0.15) is 0 Å². The summed E-state index contributed by atoms with van der Waals surface area (Å²) in [7, 11) is 0.357. The maximum Gasteiger partial charge on any atom is 0.242 e. The first-order chi connectivity index (χ1) is 15.4. The third kappa shape index (κ3) is 6.01. The van der Waals surface area contributed by atoms with Crippen LogP contribution < -0.4 is 4.74 Å². The highest BCUT2D eigenvalue weighted by molar-refractivity contribution is 9.10. The monoisotopic (exact) mass is 519 g/mol. The van der Waals surface area contributed by atoms with Crippen LogP contribution >= 0.6 is 15.9 Å². The van der Waals surface area contributed by atoms with Crippen LogP contribution in [-0.2, 0) is 16.6 Å². The quantitative estimate of drug-likeness (QED) is 0.456. The Bertz CT molecular complexity index is 1140. The van der Waals surface area contributed by atoms with Gasteiger partial charge in [-0.1, -0.05) is 46.3 Å². The Morgan fingerprint density at radius 3 is 2.34 bits per heavy atom. The molecule has 4 rings (SSSR count). The Kier molecular flexibility index (Phi) is 8.53. The van der Waals surface area contributed by atoms with Crippen molar-refractivity contribution in [3.05, 3.63) is 77.4 Å². The summed E-state index contributed by atoms with van der Waals surface area (Å²) < 4.78 is 32.4. The van der Waals surface area contributed by atoms with E-state index in [4.69, 9.17) is 4.74 Å². The summed E-state index contributed by atoms with van der Waals surface area (Å²) in [6.45, 7) is 8.37. The predicted molar refractivity (Wildman–Crippen MR) is 135 cm³/mol. The molecule has 0 aliphatic carbocycles. The minimum absolute atomic E-state index is 0.0722. The fraction of sp³-hybridized carbons (Fsp3) is 0.333. The number of fused-ring (bicyclic) bond motifs is 1. The molecule has 1 aliphatic rings. The van der Waals surface area contributed by atoms with Crippen LogP contribution in [0.5, 0.6) is 5.75 Å². The molecule has 172 valence electrons. The summed E-state index contributed by atoms with van der Waals surface area (Å²) in [5.41, 5.74) is 1.75. The smallest absolute Gasteiger partial charge is 0.242 e. The molecule has 0 atom stereocenters. The Morgan fingerprint density at radius 2 is 1.75 bits per heavy atom. The zero-order valence-electron chi connectivity index (χ0n) is 18.6. The zero-order chi connectivity index (χ0) is 23.1. The van der Waals surface area contributed by atoms with E-state index in [0.717, 1.165) is 59.4 Å². The zero-order valence-corrected chi connectivity index (χ0v) is 21.0. The van der Waals surface area contributed by atoms with Gasteiger partial charge in [0.25, 0.3) is 0 Å². The molecule has 0 amide bonds. The van der Waals surface area contributed by atoms with Gasteiger partial charge in [0.1, 0.15) is 5.75 Å². The van der Waals surface area contributed by atoms with Crippen LogP contribution in [0.2, 0.25) is 0 Å². The number of benzene rings is 2. The first-order valence-corrected chi connectivity index (χ1v) is 12.9. The average Bonchev–Trinajstić information content (AvgIpc) is 3.17. The summed E-state index contributed by atoms with van der Waals surface area (Å²) in [5, 5.41) is 0.976. The van der Waals surface area contributed by atoms with Gasteiger partial charge in [0.15, 0.2) is 0 Å². The third-order valence-corrected chi connectivity index (χ3v) is 7.64. The SMILES string of the molecule is C=CCS(=O)(=O)n1cc(CN2CCN(C)CC2)c2c(Br)cccc21.COc1ccccc1. The van der Waals surface area contributed by atoms with Gasteiger partial charge in [-0.15, -0.1) is 6.58 Å². The molecule has 6 nitrogen and oxygen atoms in total. The number of likely N-dealkylation sites (N-methyl/N-ethyl adjacent to an activating group) is 1. The number of hydrogen-bond acceptors (Lipinski definition) is 5. The van der Waals surface area contributed by atoms with Crippen LogP contribution in [0.15, 0.2) is 71.9 Å². The lowest BCUT2D eigenvalue weighted by atomic mass is 10.1. The Balaban J connectivity index is 0.000000305. The van der Waals surface area contributed by atoms with Gasteiger partial charge in [-0.05, 0) is 36.9 Å². The normalized spacial score (nSPS) is 15.2. The van der Waals surface area contributed by atoms with E-state index < -0.39 is 10.0 Å². The summed E-state index contributed by atoms with van der Waals surface area (Å²) in [5.74, 6) is 0.838. The minimum Gasteiger partial charge on any atom is -0.497 e. The molecule has 1 fully saturated rings. The summed E-state index contributed by atoms with van der Waals surface area (Å²) in [6, 6.07) is 15.4. The number of piperazine rings is 1. The number of rotatable bonds is 6.